The quantitative estimate of drug-likeness (QED) is 0.672. The van der Waals surface area contributed by atoms with E-state index < -0.39 is 0 Å². The number of carbonyl (C=O) groups is 1. The highest BCUT2D eigenvalue weighted by molar-refractivity contribution is 6.00. The van der Waals surface area contributed by atoms with Gasteiger partial charge in [-0.15, -0.1) is 0 Å². The predicted octanol–water partition coefficient (Wildman–Crippen LogP) is 4.90. The highest BCUT2D eigenvalue weighted by Gasteiger charge is 2.23. The Morgan fingerprint density at radius 3 is 2.67 bits per heavy atom. The van der Waals surface area contributed by atoms with Gasteiger partial charge >= 0.3 is 0 Å². The molecule has 0 radical (unpaired) electrons. The molecule has 0 bridgehead atoms. The van der Waals surface area contributed by atoms with Gasteiger partial charge in [-0.2, -0.15) is 0 Å². The fourth-order valence-electron chi connectivity index (χ4n) is 3.34. The molecule has 0 fully saturated rings. The number of rotatable bonds is 2. The lowest BCUT2D eigenvalue weighted by atomic mass is 9.81. The molecule has 118 valence electrons. The van der Waals surface area contributed by atoms with Gasteiger partial charge in [0.2, 0.25) is 0 Å². The topological polar surface area (TPSA) is 30.0 Å². The van der Waals surface area contributed by atoms with E-state index in [9.17, 15) is 9.18 Å². The molecule has 2 aromatic carbocycles. The number of allylic oxidation sites excluding steroid dienone is 2. The van der Waals surface area contributed by atoms with Crippen molar-refractivity contribution in [3.63, 3.8) is 0 Å². The third-order valence-corrected chi connectivity index (χ3v) is 4.56. The Kier molecular flexibility index (Phi) is 3.69. The molecule has 1 heterocycles. The van der Waals surface area contributed by atoms with E-state index in [0.29, 0.717) is 6.42 Å². The zero-order valence-corrected chi connectivity index (χ0v) is 13.1. The van der Waals surface area contributed by atoms with Crippen LogP contribution in [0.1, 0.15) is 29.9 Å². The number of ketones is 1. The number of pyridine rings is 1. The van der Waals surface area contributed by atoms with E-state index in [4.69, 9.17) is 0 Å². The Balaban J connectivity index is 1.68. The third kappa shape index (κ3) is 2.85. The van der Waals surface area contributed by atoms with Crippen LogP contribution < -0.4 is 0 Å². The monoisotopic (exact) mass is 317 g/mol. The molecular weight excluding hydrogens is 301 g/mol. The molecule has 1 atom stereocenters. The molecule has 1 aromatic heterocycles. The molecule has 0 N–H and O–H groups in total. The second-order valence-corrected chi connectivity index (χ2v) is 6.20. The van der Waals surface area contributed by atoms with Crippen LogP contribution in [0.15, 0.2) is 66.9 Å². The number of halogens is 1. The molecule has 1 aliphatic rings. The first-order valence-electron chi connectivity index (χ1n) is 8.03. The lowest BCUT2D eigenvalue weighted by Crippen LogP contribution is -2.12. The summed E-state index contributed by atoms with van der Waals surface area (Å²) in [5.74, 6) is -0.0294. The summed E-state index contributed by atoms with van der Waals surface area (Å²) in [6.45, 7) is 0. The lowest BCUT2D eigenvalue weighted by Gasteiger charge is -2.23. The van der Waals surface area contributed by atoms with Crippen LogP contribution in [0.2, 0.25) is 0 Å². The maximum Gasteiger partial charge on any atom is 0.156 e. The van der Waals surface area contributed by atoms with Crippen LogP contribution in [-0.2, 0) is 4.79 Å². The Labute approximate surface area is 139 Å². The molecule has 1 aliphatic carbocycles. The molecule has 3 aromatic rings. The number of hydrogen-bond donors (Lipinski definition) is 0. The fourth-order valence-corrected chi connectivity index (χ4v) is 3.34. The zero-order chi connectivity index (χ0) is 16.5. The van der Waals surface area contributed by atoms with Gasteiger partial charge in [-0.1, -0.05) is 24.3 Å². The van der Waals surface area contributed by atoms with Crippen molar-refractivity contribution in [3.8, 4) is 0 Å². The van der Waals surface area contributed by atoms with Gasteiger partial charge < -0.3 is 0 Å². The average Bonchev–Trinajstić information content (AvgIpc) is 2.61. The molecule has 0 aliphatic heterocycles. The van der Waals surface area contributed by atoms with Crippen molar-refractivity contribution in [2.24, 2.45) is 0 Å². The van der Waals surface area contributed by atoms with Gasteiger partial charge in [-0.05, 0) is 65.4 Å². The van der Waals surface area contributed by atoms with Crippen LogP contribution >= 0.6 is 0 Å². The Morgan fingerprint density at radius 2 is 1.83 bits per heavy atom. The summed E-state index contributed by atoms with van der Waals surface area (Å²) < 4.78 is 13.1. The first kappa shape index (κ1) is 14.8. The van der Waals surface area contributed by atoms with Gasteiger partial charge in [0.25, 0.3) is 0 Å². The number of nitrogens with zero attached hydrogens (tertiary/aromatic N) is 1. The zero-order valence-electron chi connectivity index (χ0n) is 13.1. The van der Waals surface area contributed by atoms with E-state index in [1.165, 1.54) is 12.1 Å². The molecule has 0 saturated heterocycles. The third-order valence-electron chi connectivity index (χ3n) is 4.56. The summed E-state index contributed by atoms with van der Waals surface area (Å²) in [6.07, 6.45) is 4.78. The highest BCUT2D eigenvalue weighted by atomic mass is 19.1. The predicted molar refractivity (Wildman–Crippen MR) is 93.1 cm³/mol. The number of hydrogen-bond acceptors (Lipinski definition) is 2. The second-order valence-electron chi connectivity index (χ2n) is 6.20. The molecule has 0 spiro atoms. The minimum atomic E-state index is -0.251. The van der Waals surface area contributed by atoms with Crippen LogP contribution in [0, 0.1) is 5.82 Å². The van der Waals surface area contributed by atoms with Crippen molar-refractivity contribution in [2.45, 2.75) is 18.8 Å². The van der Waals surface area contributed by atoms with Gasteiger partial charge in [-0.25, -0.2) is 4.39 Å². The van der Waals surface area contributed by atoms with Crippen molar-refractivity contribution in [1.29, 1.82) is 0 Å². The van der Waals surface area contributed by atoms with Crippen LogP contribution in [-0.4, -0.2) is 10.8 Å². The molecule has 4 rings (SSSR count). The Bertz CT molecular complexity index is 943. The minimum Gasteiger partial charge on any atom is -0.295 e. The summed E-state index contributed by atoms with van der Waals surface area (Å²) in [4.78, 5) is 16.5. The van der Waals surface area contributed by atoms with Gasteiger partial charge in [0.05, 0.1) is 5.52 Å². The van der Waals surface area contributed by atoms with E-state index >= 15 is 0 Å². The standard InChI is InChI=1S/C21H16FNO/c22-19-6-3-14(4-7-19)17-11-18(13-20(24)12-17)15-5-8-21-16(10-15)2-1-9-23-21/h1-10,13,17H,11-12H2. The number of carbonyl (C=O) groups excluding carboxylic acids is 1. The molecule has 0 saturated carbocycles. The SMILES string of the molecule is O=C1C=C(c2ccc3ncccc3c2)CC(c2ccc(F)cc2)C1. The summed E-state index contributed by atoms with van der Waals surface area (Å²) in [5.41, 5.74) is 4.04. The van der Waals surface area contributed by atoms with Crippen LogP contribution in [0.3, 0.4) is 0 Å². The van der Waals surface area contributed by atoms with E-state index in [-0.39, 0.29) is 17.5 Å². The molecular formula is C21H16FNO. The molecule has 1 unspecified atom stereocenters. The normalized spacial score (nSPS) is 17.8. The van der Waals surface area contributed by atoms with E-state index in [1.54, 1.807) is 24.4 Å². The first-order chi connectivity index (χ1) is 11.7. The summed E-state index contributed by atoms with van der Waals surface area (Å²) >= 11 is 0. The average molecular weight is 317 g/mol. The van der Waals surface area contributed by atoms with Gasteiger partial charge in [-0.3, -0.25) is 9.78 Å². The summed E-state index contributed by atoms with van der Waals surface area (Å²) in [7, 11) is 0. The fraction of sp³-hybridized carbons (Fsp3) is 0.143. The van der Waals surface area contributed by atoms with Crippen LogP contribution in [0.5, 0.6) is 0 Å². The number of aromatic nitrogens is 1. The van der Waals surface area contributed by atoms with Crippen molar-refractivity contribution in [2.75, 3.05) is 0 Å². The first-order valence-corrected chi connectivity index (χ1v) is 8.03. The molecule has 24 heavy (non-hydrogen) atoms. The van der Waals surface area contributed by atoms with E-state index in [1.807, 2.05) is 24.3 Å². The number of fused-ring (bicyclic) bond motifs is 1. The second kappa shape index (κ2) is 6.00. The Morgan fingerprint density at radius 1 is 1.00 bits per heavy atom. The molecule has 0 amide bonds. The summed E-state index contributed by atoms with van der Waals surface area (Å²) in [6, 6.07) is 16.5. The lowest BCUT2D eigenvalue weighted by molar-refractivity contribution is -0.115. The molecule has 3 heteroatoms. The van der Waals surface area contributed by atoms with Crippen molar-refractivity contribution >= 4 is 22.3 Å². The van der Waals surface area contributed by atoms with Gasteiger partial charge in [0.15, 0.2) is 5.78 Å². The van der Waals surface area contributed by atoms with Crippen molar-refractivity contribution < 1.29 is 9.18 Å². The van der Waals surface area contributed by atoms with Crippen molar-refractivity contribution in [3.05, 3.63) is 83.8 Å². The minimum absolute atomic E-state index is 0.0997. The smallest absolute Gasteiger partial charge is 0.156 e. The number of benzene rings is 2. The van der Waals surface area contributed by atoms with Crippen LogP contribution in [0.25, 0.3) is 16.5 Å². The van der Waals surface area contributed by atoms with Gasteiger partial charge in [0.1, 0.15) is 5.82 Å². The largest absolute Gasteiger partial charge is 0.295 e. The Hall–Kier alpha value is -2.81. The highest BCUT2D eigenvalue weighted by Crippen LogP contribution is 2.36. The van der Waals surface area contributed by atoms with E-state index in [2.05, 4.69) is 11.1 Å². The maximum absolute atomic E-state index is 13.1. The summed E-state index contributed by atoms with van der Waals surface area (Å²) in [5, 5.41) is 1.06. The van der Waals surface area contributed by atoms with Gasteiger partial charge in [0, 0.05) is 18.0 Å². The maximum atomic E-state index is 13.1. The molecule has 2 nitrogen and oxygen atoms in total. The van der Waals surface area contributed by atoms with Crippen molar-refractivity contribution in [1.82, 2.24) is 4.98 Å². The van der Waals surface area contributed by atoms with E-state index in [0.717, 1.165) is 34.0 Å². The van der Waals surface area contributed by atoms with Crippen LogP contribution in [0.4, 0.5) is 4.39 Å².